The highest BCUT2D eigenvalue weighted by Gasteiger charge is 2.26. The van der Waals surface area contributed by atoms with Crippen molar-refractivity contribution in [1.82, 2.24) is 4.57 Å². The van der Waals surface area contributed by atoms with Gasteiger partial charge in [0.05, 0.1) is 24.8 Å². The quantitative estimate of drug-likeness (QED) is 0.861. The Kier molecular flexibility index (Phi) is 3.93. The Bertz CT molecular complexity index is 710. The monoisotopic (exact) mass is 325 g/mol. The van der Waals surface area contributed by atoms with Crippen LogP contribution in [0.5, 0.6) is 0 Å². The lowest BCUT2D eigenvalue weighted by molar-refractivity contribution is -0.672. The average Bonchev–Trinajstić information content (AvgIpc) is 2.69. The fraction of sp³-hybridized carbons (Fsp3) is 0.267. The number of nitrogens with zero attached hydrogens (tertiary/aromatic N) is 2. The van der Waals surface area contributed by atoms with Crippen molar-refractivity contribution in [1.29, 1.82) is 0 Å². The predicted molar refractivity (Wildman–Crippen MR) is 81.9 cm³/mol. The number of ether oxygens (including phenoxy) is 1. The largest absolute Gasteiger partial charge is 0.483 e. The molecule has 21 heavy (non-hydrogen) atoms. The lowest BCUT2D eigenvalue weighted by atomic mass is 10.1. The predicted octanol–water partition coefficient (Wildman–Crippen LogP) is 2.51. The molecule has 0 bridgehead atoms. The SMILES string of the molecule is C[n+]1ccn2c1C=C(c1ccc(Cl)cc1Cl)OC(CO)C2. The Morgan fingerprint density at radius 3 is 2.95 bits per heavy atom. The summed E-state index contributed by atoms with van der Waals surface area (Å²) in [5.74, 6) is 1.61. The molecule has 1 aromatic carbocycles. The number of halogens is 2. The van der Waals surface area contributed by atoms with Gasteiger partial charge in [-0.1, -0.05) is 23.2 Å². The van der Waals surface area contributed by atoms with E-state index in [1.165, 1.54) is 0 Å². The molecular weight excluding hydrogens is 311 g/mol. The fourth-order valence-corrected chi connectivity index (χ4v) is 2.89. The maximum absolute atomic E-state index is 9.50. The Hall–Kier alpha value is -1.49. The molecule has 0 aliphatic carbocycles. The minimum atomic E-state index is -0.323. The number of hydrogen-bond acceptors (Lipinski definition) is 2. The second-order valence-corrected chi connectivity index (χ2v) is 5.82. The zero-order chi connectivity index (χ0) is 15.0. The third-order valence-corrected chi connectivity index (χ3v) is 4.03. The van der Waals surface area contributed by atoms with Gasteiger partial charge in [-0.05, 0) is 18.2 Å². The molecule has 1 aromatic heterocycles. The summed E-state index contributed by atoms with van der Waals surface area (Å²) in [6.45, 7) is 0.516. The first kappa shape index (κ1) is 14.4. The van der Waals surface area contributed by atoms with E-state index in [0.29, 0.717) is 22.3 Å². The molecule has 6 heteroatoms. The molecule has 0 fully saturated rings. The second-order valence-electron chi connectivity index (χ2n) is 4.97. The maximum Gasteiger partial charge on any atom is 0.285 e. The van der Waals surface area contributed by atoms with Crippen LogP contribution in [0.4, 0.5) is 0 Å². The van der Waals surface area contributed by atoms with E-state index in [2.05, 4.69) is 0 Å². The molecule has 2 heterocycles. The maximum atomic E-state index is 9.50. The number of aromatic nitrogens is 2. The third kappa shape index (κ3) is 2.79. The van der Waals surface area contributed by atoms with Gasteiger partial charge in [0, 0.05) is 10.6 Å². The van der Waals surface area contributed by atoms with Crippen molar-refractivity contribution in [3.05, 3.63) is 52.0 Å². The number of imidazole rings is 1. The Morgan fingerprint density at radius 1 is 1.43 bits per heavy atom. The first-order valence-electron chi connectivity index (χ1n) is 6.58. The fourth-order valence-electron chi connectivity index (χ4n) is 2.39. The normalized spacial score (nSPS) is 17.7. The van der Waals surface area contributed by atoms with Crippen LogP contribution in [0.2, 0.25) is 10.0 Å². The third-order valence-electron chi connectivity index (χ3n) is 3.48. The number of aliphatic hydroxyl groups excluding tert-OH is 1. The first-order chi connectivity index (χ1) is 10.1. The molecule has 4 nitrogen and oxygen atoms in total. The molecule has 110 valence electrons. The van der Waals surface area contributed by atoms with Crippen molar-refractivity contribution in [2.45, 2.75) is 12.6 Å². The van der Waals surface area contributed by atoms with Crippen LogP contribution in [0.1, 0.15) is 11.4 Å². The summed E-state index contributed by atoms with van der Waals surface area (Å²) >= 11 is 12.2. The van der Waals surface area contributed by atoms with Gasteiger partial charge in [-0.15, -0.1) is 0 Å². The van der Waals surface area contributed by atoms with E-state index >= 15 is 0 Å². The molecule has 0 saturated carbocycles. The summed E-state index contributed by atoms with van der Waals surface area (Å²) in [7, 11) is 1.96. The van der Waals surface area contributed by atoms with Crippen molar-refractivity contribution >= 4 is 35.0 Å². The summed E-state index contributed by atoms with van der Waals surface area (Å²) < 4.78 is 9.94. The topological polar surface area (TPSA) is 38.3 Å². The molecule has 1 atom stereocenters. The summed E-state index contributed by atoms with van der Waals surface area (Å²) in [6, 6.07) is 5.27. The smallest absolute Gasteiger partial charge is 0.285 e. The van der Waals surface area contributed by atoms with Gasteiger partial charge in [0.1, 0.15) is 24.7 Å². The van der Waals surface area contributed by atoms with Gasteiger partial charge in [0.2, 0.25) is 0 Å². The zero-order valence-electron chi connectivity index (χ0n) is 11.5. The highest BCUT2D eigenvalue weighted by molar-refractivity contribution is 6.35. The average molecular weight is 326 g/mol. The van der Waals surface area contributed by atoms with Crippen molar-refractivity contribution in [3.63, 3.8) is 0 Å². The van der Waals surface area contributed by atoms with Crippen LogP contribution in [0.25, 0.3) is 11.8 Å². The van der Waals surface area contributed by atoms with E-state index in [0.717, 1.165) is 11.4 Å². The van der Waals surface area contributed by atoms with Crippen molar-refractivity contribution in [3.8, 4) is 0 Å². The number of hydrogen-bond donors (Lipinski definition) is 1. The van der Waals surface area contributed by atoms with Crippen molar-refractivity contribution in [2.24, 2.45) is 7.05 Å². The lowest BCUT2D eigenvalue weighted by Crippen LogP contribution is -2.30. The van der Waals surface area contributed by atoms with Crippen LogP contribution in [0.15, 0.2) is 30.6 Å². The van der Waals surface area contributed by atoms with Gasteiger partial charge in [-0.25, -0.2) is 9.13 Å². The van der Waals surface area contributed by atoms with E-state index in [1.807, 2.05) is 40.7 Å². The lowest BCUT2D eigenvalue weighted by Gasteiger charge is -2.16. The van der Waals surface area contributed by atoms with Gasteiger partial charge in [0.15, 0.2) is 6.10 Å². The minimum Gasteiger partial charge on any atom is -0.483 e. The van der Waals surface area contributed by atoms with Crippen molar-refractivity contribution < 1.29 is 14.4 Å². The van der Waals surface area contributed by atoms with Crippen LogP contribution in [-0.4, -0.2) is 22.4 Å². The minimum absolute atomic E-state index is 0.0656. The number of aryl methyl sites for hydroxylation is 1. The Morgan fingerprint density at radius 2 is 2.24 bits per heavy atom. The van der Waals surface area contributed by atoms with Crippen LogP contribution in [0, 0.1) is 0 Å². The molecule has 2 aromatic rings. The van der Waals surface area contributed by atoms with Gasteiger partial charge < -0.3 is 9.84 Å². The summed E-state index contributed by atoms with van der Waals surface area (Å²) in [4.78, 5) is 0. The van der Waals surface area contributed by atoms with Crippen LogP contribution in [-0.2, 0) is 18.3 Å². The number of rotatable bonds is 2. The second kappa shape index (κ2) is 5.72. The molecule has 0 spiro atoms. The molecular formula is C15H15Cl2N2O2+. The summed E-state index contributed by atoms with van der Waals surface area (Å²) in [6.07, 6.45) is 5.53. The summed E-state index contributed by atoms with van der Waals surface area (Å²) in [5.41, 5.74) is 0.758. The Balaban J connectivity index is 2.11. The standard InChI is InChI=1S/C15H15Cl2N2O2/c1-18-4-5-19-8-11(9-20)21-14(7-15(18)19)12-3-2-10(16)6-13(12)17/h2-7,11,20H,8-9H2,1H3/q+1. The molecule has 1 unspecified atom stereocenters. The molecule has 1 N–H and O–H groups in total. The van der Waals surface area contributed by atoms with E-state index in [4.69, 9.17) is 27.9 Å². The molecule has 1 aliphatic heterocycles. The van der Waals surface area contributed by atoms with Crippen LogP contribution in [0.3, 0.4) is 0 Å². The molecule has 0 saturated heterocycles. The first-order valence-corrected chi connectivity index (χ1v) is 7.33. The van der Waals surface area contributed by atoms with E-state index in [9.17, 15) is 5.11 Å². The van der Waals surface area contributed by atoms with Gasteiger partial charge >= 0.3 is 0 Å². The van der Waals surface area contributed by atoms with Gasteiger partial charge in [0.25, 0.3) is 5.82 Å². The number of aliphatic hydroxyl groups is 1. The number of fused-ring (bicyclic) bond motifs is 1. The van der Waals surface area contributed by atoms with E-state index < -0.39 is 0 Å². The molecule has 0 radical (unpaired) electrons. The molecule has 1 aliphatic rings. The molecule has 3 rings (SSSR count). The van der Waals surface area contributed by atoms with E-state index in [-0.39, 0.29) is 12.7 Å². The number of benzene rings is 1. The zero-order valence-corrected chi connectivity index (χ0v) is 13.0. The van der Waals surface area contributed by atoms with Gasteiger partial charge in [-0.2, -0.15) is 0 Å². The highest BCUT2D eigenvalue weighted by atomic mass is 35.5. The van der Waals surface area contributed by atoms with Crippen LogP contribution >= 0.6 is 23.2 Å². The van der Waals surface area contributed by atoms with E-state index in [1.54, 1.807) is 12.1 Å². The molecule has 0 amide bonds. The Labute approximate surface area is 132 Å². The van der Waals surface area contributed by atoms with Crippen molar-refractivity contribution in [2.75, 3.05) is 6.61 Å². The summed E-state index contributed by atoms with van der Waals surface area (Å²) in [5, 5.41) is 10.6. The van der Waals surface area contributed by atoms with Gasteiger partial charge in [-0.3, -0.25) is 0 Å². The van der Waals surface area contributed by atoms with Crippen LogP contribution < -0.4 is 4.57 Å². The highest BCUT2D eigenvalue weighted by Crippen LogP contribution is 2.31.